The fourth-order valence-corrected chi connectivity index (χ4v) is 5.27. The smallest absolute Gasteiger partial charge is 0.408 e. The maximum absolute atomic E-state index is 13.6. The van der Waals surface area contributed by atoms with Crippen LogP contribution in [-0.2, 0) is 43.5 Å². The number of hydrogen-bond donors (Lipinski definition) is 4. The fraction of sp³-hybridized carbons (Fsp3) is 0.552. The largest absolute Gasteiger partial charge is 0.445 e. The van der Waals surface area contributed by atoms with Gasteiger partial charge in [-0.1, -0.05) is 67.6 Å². The first-order chi connectivity index (χ1) is 20.4. The quantitative estimate of drug-likeness (QED) is 0.368. The Morgan fingerprint density at radius 3 is 2.60 bits per heavy atom. The SMILES string of the molecule is O=C[C@@H]1CCC(=O)NCCn2cc(nn2)C[C@H](NC(=O)OCc2ccccc2)C(=O)N[C@@H](CC2CCCCC2)C(=O)N1. The number of amides is 4. The van der Waals surface area contributed by atoms with Crippen LogP contribution in [0, 0.1) is 5.92 Å². The number of nitrogens with zero attached hydrogens (tertiary/aromatic N) is 3. The van der Waals surface area contributed by atoms with Crippen LogP contribution in [0.15, 0.2) is 36.5 Å². The Morgan fingerprint density at radius 1 is 1.05 bits per heavy atom. The Bertz CT molecular complexity index is 1210. The Morgan fingerprint density at radius 2 is 1.83 bits per heavy atom. The highest BCUT2D eigenvalue weighted by Crippen LogP contribution is 2.27. The van der Waals surface area contributed by atoms with Gasteiger partial charge in [-0.05, 0) is 24.3 Å². The molecule has 4 amide bonds. The van der Waals surface area contributed by atoms with Crippen LogP contribution in [0.5, 0.6) is 0 Å². The Hall–Kier alpha value is -4.29. The van der Waals surface area contributed by atoms with Crippen molar-refractivity contribution >= 4 is 30.1 Å². The van der Waals surface area contributed by atoms with Gasteiger partial charge in [0.1, 0.15) is 25.0 Å². The third kappa shape index (κ3) is 9.67. The van der Waals surface area contributed by atoms with Gasteiger partial charge in [-0.15, -0.1) is 5.10 Å². The van der Waals surface area contributed by atoms with Crippen molar-refractivity contribution < 1.29 is 28.7 Å². The van der Waals surface area contributed by atoms with Gasteiger partial charge in [0.25, 0.3) is 0 Å². The number of carbonyl (C=O) groups excluding carboxylic acids is 5. The molecule has 1 saturated carbocycles. The Balaban J connectivity index is 1.54. The van der Waals surface area contributed by atoms with Gasteiger partial charge in [0.15, 0.2) is 0 Å². The second-order valence-electron chi connectivity index (χ2n) is 10.9. The maximum atomic E-state index is 13.6. The van der Waals surface area contributed by atoms with Crippen LogP contribution in [0.1, 0.15) is 62.6 Å². The van der Waals surface area contributed by atoms with E-state index >= 15 is 0 Å². The second kappa shape index (κ2) is 15.6. The molecule has 0 saturated heterocycles. The summed E-state index contributed by atoms with van der Waals surface area (Å²) in [5.74, 6) is -1.12. The highest BCUT2D eigenvalue weighted by atomic mass is 16.5. The lowest BCUT2D eigenvalue weighted by atomic mass is 9.84. The first kappa shape index (κ1) is 30.7. The van der Waals surface area contributed by atoms with E-state index in [1.165, 1.54) is 4.68 Å². The van der Waals surface area contributed by atoms with Crippen molar-refractivity contribution in [3.8, 4) is 0 Å². The third-order valence-corrected chi connectivity index (χ3v) is 7.58. The third-order valence-electron chi connectivity index (χ3n) is 7.58. The average molecular weight is 582 g/mol. The number of alkyl carbamates (subject to hydrolysis) is 1. The Kier molecular flexibility index (Phi) is 11.4. The van der Waals surface area contributed by atoms with E-state index in [4.69, 9.17) is 4.74 Å². The number of hydrogen-bond acceptors (Lipinski definition) is 8. The summed E-state index contributed by atoms with van der Waals surface area (Å²) in [5.41, 5.74) is 1.22. The molecule has 1 aromatic heterocycles. The lowest BCUT2D eigenvalue weighted by molar-refractivity contribution is -0.131. The molecule has 13 nitrogen and oxygen atoms in total. The first-order valence-corrected chi connectivity index (χ1v) is 14.6. The normalized spacial score (nSPS) is 23.0. The minimum atomic E-state index is -1.11. The molecule has 2 aromatic rings. The molecule has 4 N–H and O–H groups in total. The number of rotatable bonds is 6. The predicted molar refractivity (Wildman–Crippen MR) is 151 cm³/mol. The van der Waals surface area contributed by atoms with Gasteiger partial charge in [0.05, 0.1) is 18.3 Å². The minimum Gasteiger partial charge on any atom is -0.445 e. The van der Waals surface area contributed by atoms with Crippen molar-refractivity contribution in [2.45, 2.75) is 89.1 Å². The van der Waals surface area contributed by atoms with Gasteiger partial charge in [-0.25, -0.2) is 4.79 Å². The van der Waals surface area contributed by atoms with Crippen LogP contribution in [0.25, 0.3) is 0 Å². The molecule has 0 radical (unpaired) electrons. The zero-order chi connectivity index (χ0) is 29.7. The van der Waals surface area contributed by atoms with E-state index in [-0.39, 0.29) is 44.2 Å². The molecule has 1 fully saturated rings. The number of benzene rings is 1. The summed E-state index contributed by atoms with van der Waals surface area (Å²) in [6.45, 7) is 0.624. The predicted octanol–water partition coefficient (Wildman–Crippen LogP) is 1.16. The summed E-state index contributed by atoms with van der Waals surface area (Å²) < 4.78 is 6.88. The molecule has 2 heterocycles. The number of fused-ring (bicyclic) bond motifs is 2. The molecular weight excluding hydrogens is 542 g/mol. The van der Waals surface area contributed by atoms with Gasteiger partial charge >= 0.3 is 6.09 Å². The van der Waals surface area contributed by atoms with E-state index in [0.29, 0.717) is 24.9 Å². The molecule has 2 aliphatic rings. The zero-order valence-electron chi connectivity index (χ0n) is 23.6. The first-order valence-electron chi connectivity index (χ1n) is 14.6. The van der Waals surface area contributed by atoms with E-state index in [9.17, 15) is 24.0 Å². The number of nitrogens with one attached hydrogen (secondary N) is 4. The number of carbonyl (C=O) groups is 5. The number of aromatic nitrogens is 3. The van der Waals surface area contributed by atoms with Crippen molar-refractivity contribution in [2.24, 2.45) is 5.92 Å². The summed E-state index contributed by atoms with van der Waals surface area (Å²) >= 11 is 0. The molecule has 4 rings (SSSR count). The molecule has 1 aromatic carbocycles. The molecular formula is C29H39N7O6. The maximum Gasteiger partial charge on any atom is 0.408 e. The molecule has 226 valence electrons. The molecule has 0 unspecified atom stereocenters. The van der Waals surface area contributed by atoms with Crippen molar-refractivity contribution in [2.75, 3.05) is 6.54 Å². The van der Waals surface area contributed by atoms with Crippen LogP contribution >= 0.6 is 0 Å². The van der Waals surface area contributed by atoms with Crippen LogP contribution in [0.3, 0.4) is 0 Å². The number of ether oxygens (including phenoxy) is 1. The van der Waals surface area contributed by atoms with Crippen LogP contribution in [-0.4, -0.2) is 69.8 Å². The molecule has 42 heavy (non-hydrogen) atoms. The van der Waals surface area contributed by atoms with Gasteiger partial charge in [-0.3, -0.25) is 19.1 Å². The van der Waals surface area contributed by atoms with Gasteiger partial charge in [0.2, 0.25) is 17.7 Å². The standard InChI is InChI=1S/C29H39N7O6/c37-18-22-11-12-26(38)30-13-14-36-17-23(34-35-36)16-25(33-29(41)42-19-21-9-5-2-6-10-21)28(40)32-24(27(39)31-22)15-20-7-3-1-4-8-20/h2,5-6,9-10,17-18,20,22,24-25H,1,3-4,7-8,11-16,19H2,(H,30,38)(H,31,39)(H,32,40)(H,33,41)/t22-,24-,25-/m0/s1. The lowest BCUT2D eigenvalue weighted by Crippen LogP contribution is -2.56. The van der Waals surface area contributed by atoms with Crippen molar-refractivity contribution in [3.05, 3.63) is 47.8 Å². The lowest BCUT2D eigenvalue weighted by Gasteiger charge is -2.28. The minimum absolute atomic E-state index is 0.00659. The van der Waals surface area contributed by atoms with Crippen molar-refractivity contribution in [1.29, 1.82) is 0 Å². The molecule has 1 aliphatic heterocycles. The topological polar surface area (TPSA) is 173 Å². The highest BCUT2D eigenvalue weighted by Gasteiger charge is 2.31. The zero-order valence-corrected chi connectivity index (χ0v) is 23.6. The van der Waals surface area contributed by atoms with E-state index in [1.807, 2.05) is 30.3 Å². The van der Waals surface area contributed by atoms with Gasteiger partial charge in [-0.2, -0.15) is 0 Å². The summed E-state index contributed by atoms with van der Waals surface area (Å²) in [5, 5.41) is 19.1. The molecule has 1 aliphatic carbocycles. The monoisotopic (exact) mass is 581 g/mol. The summed E-state index contributed by atoms with van der Waals surface area (Å²) in [4.78, 5) is 63.8. The van der Waals surface area contributed by atoms with Crippen LogP contribution in [0.4, 0.5) is 4.79 Å². The average Bonchev–Trinajstić information content (AvgIpc) is 3.45. The van der Waals surface area contributed by atoms with E-state index < -0.39 is 36.0 Å². The summed E-state index contributed by atoms with van der Waals surface area (Å²) in [7, 11) is 0. The second-order valence-corrected chi connectivity index (χ2v) is 10.9. The molecule has 2 bridgehead atoms. The van der Waals surface area contributed by atoms with E-state index in [2.05, 4.69) is 31.6 Å². The number of aldehydes is 1. The van der Waals surface area contributed by atoms with Crippen molar-refractivity contribution in [3.63, 3.8) is 0 Å². The van der Waals surface area contributed by atoms with Crippen molar-refractivity contribution in [1.82, 2.24) is 36.3 Å². The summed E-state index contributed by atoms with van der Waals surface area (Å²) in [6, 6.07) is 6.21. The van der Waals surface area contributed by atoms with Gasteiger partial charge < -0.3 is 30.8 Å². The van der Waals surface area contributed by atoms with Crippen LogP contribution in [0.2, 0.25) is 0 Å². The highest BCUT2D eigenvalue weighted by molar-refractivity contribution is 5.92. The van der Waals surface area contributed by atoms with E-state index in [0.717, 1.165) is 37.7 Å². The molecule has 13 heteroatoms. The summed E-state index contributed by atoms with van der Waals surface area (Å²) in [6.07, 6.45) is 7.09. The van der Waals surface area contributed by atoms with Gasteiger partial charge in [0, 0.05) is 25.6 Å². The Labute approximate surface area is 244 Å². The van der Waals surface area contributed by atoms with Crippen LogP contribution < -0.4 is 21.3 Å². The molecule has 3 atom stereocenters. The molecule has 0 spiro atoms. The fourth-order valence-electron chi connectivity index (χ4n) is 5.27. The van der Waals surface area contributed by atoms with E-state index in [1.54, 1.807) is 6.20 Å².